The van der Waals surface area contributed by atoms with Crippen LogP contribution in [-0.4, -0.2) is 48.4 Å². The summed E-state index contributed by atoms with van der Waals surface area (Å²) >= 11 is 3.85. The normalized spacial score (nSPS) is 21.1. The number of aromatic nitrogens is 1. The third kappa shape index (κ3) is 4.42. The van der Waals surface area contributed by atoms with Crippen molar-refractivity contribution in [3.05, 3.63) is 41.3 Å². The third-order valence-electron chi connectivity index (χ3n) is 5.28. The predicted molar refractivity (Wildman–Crippen MR) is 117 cm³/mol. The second-order valence-corrected chi connectivity index (χ2v) is 12.0. The van der Waals surface area contributed by atoms with E-state index in [1.165, 1.54) is 9.87 Å². The smallest absolute Gasteiger partial charge is 0.315 e. The van der Waals surface area contributed by atoms with Crippen LogP contribution in [0.25, 0.3) is 0 Å². The molecule has 1 atom stereocenters. The van der Waals surface area contributed by atoms with Crippen molar-refractivity contribution in [1.29, 1.82) is 0 Å². The molecule has 30 heavy (non-hydrogen) atoms. The van der Waals surface area contributed by atoms with Gasteiger partial charge in [0.05, 0.1) is 10.5 Å². The number of aryl methyl sites for hydroxylation is 2. The fourth-order valence-electron chi connectivity index (χ4n) is 3.77. The molecule has 1 unspecified atom stereocenters. The van der Waals surface area contributed by atoms with Gasteiger partial charge in [0.2, 0.25) is 10.0 Å². The molecule has 1 aromatic heterocycles. The Balaban J connectivity index is 1.42. The van der Waals surface area contributed by atoms with Crippen molar-refractivity contribution in [2.24, 2.45) is 5.92 Å². The van der Waals surface area contributed by atoms with Gasteiger partial charge in [0.1, 0.15) is 16.3 Å². The third-order valence-corrected chi connectivity index (χ3v) is 10.5. The maximum atomic E-state index is 13.0. The molecule has 0 N–H and O–H groups in total. The van der Waals surface area contributed by atoms with Crippen LogP contribution in [0.1, 0.15) is 34.4 Å². The molecule has 2 aromatic rings. The molecule has 2 aliphatic heterocycles. The van der Waals surface area contributed by atoms with Gasteiger partial charge in [-0.25, -0.2) is 8.42 Å². The van der Waals surface area contributed by atoms with E-state index >= 15 is 0 Å². The number of esters is 1. The lowest BCUT2D eigenvalue weighted by Crippen LogP contribution is -2.43. The van der Waals surface area contributed by atoms with Crippen molar-refractivity contribution in [3.8, 4) is 5.75 Å². The Morgan fingerprint density at radius 2 is 1.90 bits per heavy atom. The number of sulfonamides is 1. The van der Waals surface area contributed by atoms with Crippen LogP contribution in [0.4, 0.5) is 0 Å². The standard InChI is InChI=1S/C20H24N2O5S3/c1-13-18(14(2)27-21-13)30(24,25)22-9-3-4-16(12-22)19(23)26-17-7-5-15(6-8-17)20-28-10-11-29-20/h5-8,16,20H,3-4,9-12H2,1-2H3. The van der Waals surface area contributed by atoms with E-state index in [9.17, 15) is 13.2 Å². The first-order valence-corrected chi connectivity index (χ1v) is 13.4. The zero-order valence-corrected chi connectivity index (χ0v) is 19.3. The van der Waals surface area contributed by atoms with Gasteiger partial charge in [0, 0.05) is 24.6 Å². The molecule has 0 saturated carbocycles. The molecular weight excluding hydrogens is 444 g/mol. The Kier molecular flexibility index (Phi) is 6.47. The maximum Gasteiger partial charge on any atom is 0.315 e. The van der Waals surface area contributed by atoms with E-state index < -0.39 is 21.9 Å². The van der Waals surface area contributed by atoms with E-state index in [-0.39, 0.29) is 17.2 Å². The van der Waals surface area contributed by atoms with Gasteiger partial charge < -0.3 is 9.26 Å². The molecule has 1 aromatic carbocycles. The first kappa shape index (κ1) is 21.7. The fraction of sp³-hybridized carbons (Fsp3) is 0.500. The van der Waals surface area contributed by atoms with Crippen molar-refractivity contribution in [3.63, 3.8) is 0 Å². The number of thioether (sulfide) groups is 2. The molecule has 2 fully saturated rings. The van der Waals surface area contributed by atoms with E-state index in [1.54, 1.807) is 13.8 Å². The number of hydrogen-bond acceptors (Lipinski definition) is 8. The SMILES string of the molecule is Cc1noc(C)c1S(=O)(=O)N1CCCC(C(=O)Oc2ccc(C3SCCS3)cc2)C1. The summed E-state index contributed by atoms with van der Waals surface area (Å²) in [6.45, 7) is 3.64. The molecule has 0 amide bonds. The summed E-state index contributed by atoms with van der Waals surface area (Å²) in [6, 6.07) is 7.61. The number of carbonyl (C=O) groups excluding carboxylic acids is 1. The van der Waals surface area contributed by atoms with Crippen molar-refractivity contribution in [2.75, 3.05) is 24.6 Å². The molecule has 10 heteroatoms. The highest BCUT2D eigenvalue weighted by molar-refractivity contribution is 8.19. The van der Waals surface area contributed by atoms with E-state index in [0.29, 0.717) is 35.4 Å². The minimum Gasteiger partial charge on any atom is -0.426 e. The zero-order valence-electron chi connectivity index (χ0n) is 16.9. The van der Waals surface area contributed by atoms with Gasteiger partial charge in [0.15, 0.2) is 5.76 Å². The van der Waals surface area contributed by atoms with Gasteiger partial charge in [-0.1, -0.05) is 17.3 Å². The second kappa shape index (κ2) is 8.94. The van der Waals surface area contributed by atoms with Crippen LogP contribution < -0.4 is 4.74 Å². The van der Waals surface area contributed by atoms with Crippen LogP contribution in [0, 0.1) is 19.8 Å². The molecular formula is C20H24N2O5S3. The lowest BCUT2D eigenvalue weighted by molar-refractivity contribution is -0.140. The van der Waals surface area contributed by atoms with E-state index in [2.05, 4.69) is 5.16 Å². The monoisotopic (exact) mass is 468 g/mol. The molecule has 3 heterocycles. The maximum absolute atomic E-state index is 13.0. The van der Waals surface area contributed by atoms with Gasteiger partial charge in [-0.05, 0) is 44.4 Å². The Bertz CT molecular complexity index is 994. The molecule has 0 bridgehead atoms. The van der Waals surface area contributed by atoms with E-state index in [0.717, 1.165) is 11.5 Å². The van der Waals surface area contributed by atoms with Crippen LogP contribution in [-0.2, 0) is 14.8 Å². The van der Waals surface area contributed by atoms with Crippen molar-refractivity contribution in [2.45, 2.75) is 36.2 Å². The number of nitrogens with zero attached hydrogens (tertiary/aromatic N) is 2. The first-order valence-electron chi connectivity index (χ1n) is 9.84. The highest BCUT2D eigenvalue weighted by Crippen LogP contribution is 2.45. The van der Waals surface area contributed by atoms with E-state index in [1.807, 2.05) is 47.8 Å². The van der Waals surface area contributed by atoms with Crippen LogP contribution >= 0.6 is 23.5 Å². The minimum atomic E-state index is -3.77. The summed E-state index contributed by atoms with van der Waals surface area (Å²) in [5.41, 5.74) is 1.55. The molecule has 0 spiro atoms. The summed E-state index contributed by atoms with van der Waals surface area (Å²) in [5.74, 6) is 2.15. The van der Waals surface area contributed by atoms with Crippen molar-refractivity contribution >= 4 is 39.5 Å². The molecule has 4 rings (SSSR count). The number of benzene rings is 1. The lowest BCUT2D eigenvalue weighted by atomic mass is 10.00. The topological polar surface area (TPSA) is 89.7 Å². The molecule has 162 valence electrons. The Labute approximate surface area is 184 Å². The quantitative estimate of drug-likeness (QED) is 0.484. The number of rotatable bonds is 5. The van der Waals surface area contributed by atoms with Crippen LogP contribution in [0.3, 0.4) is 0 Å². The van der Waals surface area contributed by atoms with Gasteiger partial charge in [-0.3, -0.25) is 4.79 Å². The lowest BCUT2D eigenvalue weighted by Gasteiger charge is -2.30. The molecule has 2 saturated heterocycles. The summed E-state index contributed by atoms with van der Waals surface area (Å²) < 4.78 is 38.5. The van der Waals surface area contributed by atoms with Crippen molar-refractivity contribution in [1.82, 2.24) is 9.46 Å². The Hall–Kier alpha value is -1.49. The summed E-state index contributed by atoms with van der Waals surface area (Å²) in [5, 5.41) is 3.75. The van der Waals surface area contributed by atoms with Crippen LogP contribution in [0.15, 0.2) is 33.7 Å². The highest BCUT2D eigenvalue weighted by Gasteiger charge is 2.37. The number of piperidine rings is 1. The summed E-state index contributed by atoms with van der Waals surface area (Å²) in [6.07, 6.45) is 1.19. The highest BCUT2D eigenvalue weighted by atomic mass is 32.2. The van der Waals surface area contributed by atoms with Gasteiger partial charge in [-0.2, -0.15) is 4.31 Å². The van der Waals surface area contributed by atoms with Gasteiger partial charge in [-0.15, -0.1) is 23.5 Å². The Morgan fingerprint density at radius 3 is 2.53 bits per heavy atom. The first-order chi connectivity index (χ1) is 14.4. The minimum absolute atomic E-state index is 0.0924. The van der Waals surface area contributed by atoms with Crippen molar-refractivity contribution < 1.29 is 22.5 Å². The van der Waals surface area contributed by atoms with Crippen LogP contribution in [0.2, 0.25) is 0 Å². The largest absolute Gasteiger partial charge is 0.426 e. The molecule has 2 aliphatic rings. The fourth-order valence-corrected chi connectivity index (χ4v) is 8.44. The number of carbonyl (C=O) groups is 1. The van der Waals surface area contributed by atoms with Gasteiger partial charge >= 0.3 is 5.97 Å². The predicted octanol–water partition coefficient (Wildman–Crippen LogP) is 3.78. The molecule has 7 nitrogen and oxygen atoms in total. The van der Waals surface area contributed by atoms with E-state index in [4.69, 9.17) is 9.26 Å². The molecule has 0 radical (unpaired) electrons. The number of ether oxygens (including phenoxy) is 1. The number of hydrogen-bond donors (Lipinski definition) is 0. The zero-order chi connectivity index (χ0) is 21.3. The summed E-state index contributed by atoms with van der Waals surface area (Å²) in [4.78, 5) is 12.8. The molecule has 0 aliphatic carbocycles. The van der Waals surface area contributed by atoms with Crippen LogP contribution in [0.5, 0.6) is 5.75 Å². The Morgan fingerprint density at radius 1 is 1.20 bits per heavy atom. The van der Waals surface area contributed by atoms with Gasteiger partial charge in [0.25, 0.3) is 0 Å². The summed E-state index contributed by atoms with van der Waals surface area (Å²) in [7, 11) is -3.77. The average Bonchev–Trinajstić information content (AvgIpc) is 3.39. The average molecular weight is 469 g/mol. The second-order valence-electron chi connectivity index (χ2n) is 7.42.